The van der Waals surface area contributed by atoms with Gasteiger partial charge in [0.25, 0.3) is 0 Å². The van der Waals surface area contributed by atoms with Crippen molar-refractivity contribution in [2.45, 2.75) is 4.90 Å². The van der Waals surface area contributed by atoms with Gasteiger partial charge in [-0.1, -0.05) is 23.4 Å². The Morgan fingerprint density at radius 1 is 1.58 bits per heavy atom. The third-order valence-corrected chi connectivity index (χ3v) is 2.56. The van der Waals surface area contributed by atoms with Crippen LogP contribution in [0.4, 0.5) is 5.69 Å². The predicted molar refractivity (Wildman–Crippen MR) is 53.6 cm³/mol. The van der Waals surface area contributed by atoms with Gasteiger partial charge in [-0.05, 0) is 18.2 Å². The smallest absolute Gasteiger partial charge is 0.0963 e. The number of hydrogen-bond donors (Lipinski definition) is 1. The molecular weight excluding hydrogens is 194 g/mol. The van der Waals surface area contributed by atoms with E-state index in [1.165, 1.54) is 11.8 Å². The number of nitrogen functional groups attached to an aromatic ring is 1. The minimum absolute atomic E-state index is 0.588. The number of halogens is 1. The van der Waals surface area contributed by atoms with E-state index < -0.39 is 0 Å². The first kappa shape index (κ1) is 9.71. The fourth-order valence-corrected chi connectivity index (χ4v) is 1.68. The molecule has 0 saturated heterocycles. The van der Waals surface area contributed by atoms with Crippen molar-refractivity contribution in [3.63, 3.8) is 0 Å². The van der Waals surface area contributed by atoms with Gasteiger partial charge < -0.3 is 10.5 Å². The average molecular weight is 204 g/mol. The van der Waals surface area contributed by atoms with Crippen LogP contribution in [0.15, 0.2) is 23.1 Å². The van der Waals surface area contributed by atoms with Gasteiger partial charge in [-0.25, -0.2) is 0 Å². The average Bonchev–Trinajstić information content (AvgIpc) is 2.07. The molecule has 0 amide bonds. The van der Waals surface area contributed by atoms with Crippen molar-refractivity contribution >= 4 is 29.1 Å². The standard InChI is InChI=1S/C8H10ClNOS/c1-11-5-12-8-4-6(9)2-3-7(8)10/h2-4H,5,10H2,1H3. The number of thioether (sulfide) groups is 1. The van der Waals surface area contributed by atoms with Gasteiger partial charge in [0.15, 0.2) is 0 Å². The van der Waals surface area contributed by atoms with E-state index in [0.717, 1.165) is 10.6 Å². The molecule has 2 N–H and O–H groups in total. The highest BCUT2D eigenvalue weighted by Gasteiger charge is 1.99. The molecule has 0 unspecified atom stereocenters. The first-order valence-electron chi connectivity index (χ1n) is 3.41. The molecule has 2 nitrogen and oxygen atoms in total. The van der Waals surface area contributed by atoms with Crippen LogP contribution in [0.2, 0.25) is 5.02 Å². The van der Waals surface area contributed by atoms with Gasteiger partial charge in [-0.3, -0.25) is 0 Å². The fourth-order valence-electron chi connectivity index (χ4n) is 0.756. The highest BCUT2D eigenvalue weighted by molar-refractivity contribution is 7.99. The molecule has 4 heteroatoms. The Hall–Kier alpha value is -0.380. The third kappa shape index (κ3) is 2.59. The van der Waals surface area contributed by atoms with E-state index >= 15 is 0 Å². The summed E-state index contributed by atoms with van der Waals surface area (Å²) in [6.07, 6.45) is 0. The molecule has 0 heterocycles. The fraction of sp³-hybridized carbons (Fsp3) is 0.250. The van der Waals surface area contributed by atoms with Crippen LogP contribution >= 0.6 is 23.4 Å². The topological polar surface area (TPSA) is 35.2 Å². The van der Waals surface area contributed by atoms with Crippen molar-refractivity contribution < 1.29 is 4.74 Å². The summed E-state index contributed by atoms with van der Waals surface area (Å²) in [5, 5.41) is 0.697. The van der Waals surface area contributed by atoms with Crippen molar-refractivity contribution in [3.8, 4) is 0 Å². The van der Waals surface area contributed by atoms with E-state index in [1.807, 2.05) is 6.07 Å². The highest BCUT2D eigenvalue weighted by Crippen LogP contribution is 2.27. The van der Waals surface area contributed by atoms with Crippen molar-refractivity contribution in [2.75, 3.05) is 18.8 Å². The van der Waals surface area contributed by atoms with Crippen LogP contribution in [0.1, 0.15) is 0 Å². The van der Waals surface area contributed by atoms with E-state index in [-0.39, 0.29) is 0 Å². The lowest BCUT2D eigenvalue weighted by atomic mass is 10.3. The van der Waals surface area contributed by atoms with Crippen LogP contribution in [0, 0.1) is 0 Å². The van der Waals surface area contributed by atoms with E-state index in [0.29, 0.717) is 11.0 Å². The van der Waals surface area contributed by atoms with E-state index in [4.69, 9.17) is 22.1 Å². The molecule has 0 fully saturated rings. The number of nitrogens with two attached hydrogens (primary N) is 1. The monoisotopic (exact) mass is 203 g/mol. The number of methoxy groups -OCH3 is 1. The summed E-state index contributed by atoms with van der Waals surface area (Å²) >= 11 is 7.32. The molecular formula is C8H10ClNOS. The Bertz CT molecular complexity index is 267. The van der Waals surface area contributed by atoms with Crippen LogP contribution in [0.25, 0.3) is 0 Å². The molecule has 66 valence electrons. The van der Waals surface area contributed by atoms with Crippen LogP contribution in [-0.2, 0) is 4.74 Å². The number of hydrogen-bond acceptors (Lipinski definition) is 3. The van der Waals surface area contributed by atoms with Crippen LogP contribution in [0.5, 0.6) is 0 Å². The zero-order valence-electron chi connectivity index (χ0n) is 6.71. The van der Waals surface area contributed by atoms with Gasteiger partial charge in [0.2, 0.25) is 0 Å². The molecule has 1 rings (SSSR count). The number of benzene rings is 1. The van der Waals surface area contributed by atoms with E-state index in [2.05, 4.69) is 0 Å². The minimum Gasteiger partial charge on any atom is -0.398 e. The number of anilines is 1. The van der Waals surface area contributed by atoms with Gasteiger partial charge in [0.05, 0.1) is 5.94 Å². The molecule has 12 heavy (non-hydrogen) atoms. The normalized spacial score (nSPS) is 10.2. The summed E-state index contributed by atoms with van der Waals surface area (Å²) in [6.45, 7) is 0. The van der Waals surface area contributed by atoms with Gasteiger partial charge in [0.1, 0.15) is 0 Å². The molecule has 0 saturated carbocycles. The van der Waals surface area contributed by atoms with Crippen LogP contribution in [0.3, 0.4) is 0 Å². The zero-order valence-corrected chi connectivity index (χ0v) is 8.28. The van der Waals surface area contributed by atoms with Crippen molar-refractivity contribution in [2.24, 2.45) is 0 Å². The number of ether oxygens (including phenoxy) is 1. The molecule has 0 aliphatic heterocycles. The maximum atomic E-state index is 5.79. The second-order valence-electron chi connectivity index (χ2n) is 2.23. The lowest BCUT2D eigenvalue weighted by Crippen LogP contribution is -1.89. The molecule has 0 radical (unpaired) electrons. The van der Waals surface area contributed by atoms with E-state index in [9.17, 15) is 0 Å². The SMILES string of the molecule is COCSc1cc(Cl)ccc1N. The minimum atomic E-state index is 0.588. The first-order chi connectivity index (χ1) is 5.74. The number of rotatable bonds is 3. The molecule has 0 atom stereocenters. The van der Waals surface area contributed by atoms with Crippen LogP contribution in [-0.4, -0.2) is 13.0 Å². The largest absolute Gasteiger partial charge is 0.398 e. The van der Waals surface area contributed by atoms with Crippen molar-refractivity contribution in [3.05, 3.63) is 23.2 Å². The molecule has 0 aliphatic carbocycles. The molecule has 1 aromatic carbocycles. The molecule has 0 bridgehead atoms. The summed E-state index contributed by atoms with van der Waals surface area (Å²) in [5.41, 5.74) is 6.43. The van der Waals surface area contributed by atoms with Crippen molar-refractivity contribution in [1.82, 2.24) is 0 Å². The van der Waals surface area contributed by atoms with E-state index in [1.54, 1.807) is 19.2 Å². The summed E-state index contributed by atoms with van der Waals surface area (Å²) in [5.74, 6) is 0.588. The predicted octanol–water partition coefficient (Wildman–Crippen LogP) is 2.62. The van der Waals surface area contributed by atoms with Gasteiger partial charge in [-0.2, -0.15) is 0 Å². The lowest BCUT2D eigenvalue weighted by Gasteiger charge is -2.04. The Morgan fingerprint density at radius 3 is 3.00 bits per heavy atom. The second-order valence-corrected chi connectivity index (χ2v) is 3.63. The third-order valence-electron chi connectivity index (χ3n) is 1.31. The maximum absolute atomic E-state index is 5.79. The molecule has 0 aromatic heterocycles. The Kier molecular flexibility index (Phi) is 3.72. The summed E-state index contributed by atoms with van der Waals surface area (Å²) in [4.78, 5) is 0.962. The van der Waals surface area contributed by atoms with Crippen LogP contribution < -0.4 is 5.73 Å². The van der Waals surface area contributed by atoms with Gasteiger partial charge in [-0.15, -0.1) is 0 Å². The molecule has 0 aliphatic rings. The first-order valence-corrected chi connectivity index (χ1v) is 4.77. The lowest BCUT2D eigenvalue weighted by molar-refractivity contribution is 0.259. The van der Waals surface area contributed by atoms with Crippen molar-refractivity contribution in [1.29, 1.82) is 0 Å². The Morgan fingerprint density at radius 2 is 2.33 bits per heavy atom. The Balaban J connectivity index is 2.75. The quantitative estimate of drug-likeness (QED) is 0.466. The summed E-state index contributed by atoms with van der Waals surface area (Å²) < 4.78 is 4.90. The highest BCUT2D eigenvalue weighted by atomic mass is 35.5. The maximum Gasteiger partial charge on any atom is 0.0963 e. The van der Waals surface area contributed by atoms with Gasteiger partial charge >= 0.3 is 0 Å². The zero-order chi connectivity index (χ0) is 8.97. The Labute approximate surface area is 81.0 Å². The molecule has 0 spiro atoms. The molecule has 1 aromatic rings. The summed E-state index contributed by atoms with van der Waals surface area (Å²) in [7, 11) is 1.65. The summed E-state index contributed by atoms with van der Waals surface area (Å²) in [6, 6.07) is 5.40. The van der Waals surface area contributed by atoms with Gasteiger partial charge in [0, 0.05) is 22.7 Å². The second kappa shape index (κ2) is 4.60.